The number of nitrogens with zero attached hydrogens (tertiary/aromatic N) is 2. The molecule has 0 bridgehead atoms. The normalized spacial score (nSPS) is 10.0. The molecule has 0 aliphatic rings. The molecule has 0 saturated heterocycles. The lowest BCUT2D eigenvalue weighted by atomic mass is 10.0. The molecule has 1 heterocycles. The molecule has 3 heteroatoms. The van der Waals surface area contributed by atoms with Gasteiger partial charge in [0.1, 0.15) is 5.82 Å². The lowest BCUT2D eigenvalue weighted by molar-refractivity contribution is 0.402. The number of hydrogen-bond acceptors (Lipinski definition) is 3. The van der Waals surface area contributed by atoms with Gasteiger partial charge in [-0.25, -0.2) is 4.98 Å². The maximum Gasteiger partial charge on any atom is 0.126 e. The van der Waals surface area contributed by atoms with E-state index in [-0.39, 0.29) is 0 Å². The highest BCUT2D eigenvalue weighted by molar-refractivity contribution is 5.66. The average Bonchev–Trinajstić information content (AvgIpc) is 2.48. The Morgan fingerprint density at radius 1 is 1.05 bits per heavy atom. The van der Waals surface area contributed by atoms with Crippen LogP contribution >= 0.6 is 0 Å². The van der Waals surface area contributed by atoms with Gasteiger partial charge in [-0.2, -0.15) is 0 Å². The topological polar surface area (TPSA) is 28.2 Å². The van der Waals surface area contributed by atoms with Gasteiger partial charge in [-0.3, -0.25) is 0 Å². The maximum absolute atomic E-state index is 4.23. The van der Waals surface area contributed by atoms with Crippen molar-refractivity contribution in [1.82, 2.24) is 9.88 Å². The van der Waals surface area contributed by atoms with Crippen molar-refractivity contribution in [3.63, 3.8) is 0 Å². The predicted molar refractivity (Wildman–Crippen MR) is 92.6 cm³/mol. The summed E-state index contributed by atoms with van der Waals surface area (Å²) in [6.07, 6.45) is 3.08. The molecule has 1 aromatic heterocycles. The SMILES string of the molecule is CCC.CNc1cc(-c2cccc(CN(C)C)c2)ccn1. The third-order valence-electron chi connectivity index (χ3n) is 2.78. The fraction of sp³-hybridized carbons (Fsp3) is 0.389. The fourth-order valence-corrected chi connectivity index (χ4v) is 1.96. The Hall–Kier alpha value is -1.87. The van der Waals surface area contributed by atoms with Crippen molar-refractivity contribution in [3.05, 3.63) is 48.2 Å². The van der Waals surface area contributed by atoms with Gasteiger partial charge >= 0.3 is 0 Å². The molecule has 0 atom stereocenters. The van der Waals surface area contributed by atoms with Gasteiger partial charge in [0.2, 0.25) is 0 Å². The summed E-state index contributed by atoms with van der Waals surface area (Å²) < 4.78 is 0. The van der Waals surface area contributed by atoms with Crippen molar-refractivity contribution in [3.8, 4) is 11.1 Å². The summed E-state index contributed by atoms with van der Waals surface area (Å²) in [5, 5.41) is 3.06. The second kappa shape index (κ2) is 9.14. The van der Waals surface area contributed by atoms with Crippen LogP contribution in [0, 0.1) is 0 Å². The molecule has 0 saturated carbocycles. The minimum absolute atomic E-state index is 0.894. The summed E-state index contributed by atoms with van der Waals surface area (Å²) in [7, 11) is 6.05. The zero-order valence-electron chi connectivity index (χ0n) is 13.9. The van der Waals surface area contributed by atoms with E-state index in [9.17, 15) is 0 Å². The number of nitrogens with one attached hydrogen (secondary N) is 1. The predicted octanol–water partition coefficient (Wildman–Crippen LogP) is 4.27. The Bertz CT molecular complexity index is 535. The van der Waals surface area contributed by atoms with Crippen LogP contribution in [-0.2, 0) is 6.54 Å². The van der Waals surface area contributed by atoms with Crippen molar-refractivity contribution >= 4 is 5.82 Å². The van der Waals surface area contributed by atoms with Crippen molar-refractivity contribution in [1.29, 1.82) is 0 Å². The zero-order chi connectivity index (χ0) is 15.7. The number of aromatic nitrogens is 1. The zero-order valence-corrected chi connectivity index (χ0v) is 13.9. The number of benzene rings is 1. The second-order valence-electron chi connectivity index (χ2n) is 5.33. The fourth-order valence-electron chi connectivity index (χ4n) is 1.96. The van der Waals surface area contributed by atoms with Gasteiger partial charge in [-0.1, -0.05) is 38.5 Å². The molecule has 0 aliphatic heterocycles. The van der Waals surface area contributed by atoms with Crippen molar-refractivity contribution in [2.75, 3.05) is 26.5 Å². The van der Waals surface area contributed by atoms with Crippen LogP contribution in [0.25, 0.3) is 11.1 Å². The van der Waals surface area contributed by atoms with E-state index < -0.39 is 0 Å². The van der Waals surface area contributed by atoms with Crippen LogP contribution < -0.4 is 5.32 Å². The number of anilines is 1. The van der Waals surface area contributed by atoms with E-state index in [0.29, 0.717) is 0 Å². The lowest BCUT2D eigenvalue weighted by Gasteiger charge is -2.11. The molecule has 1 aromatic carbocycles. The molecule has 0 unspecified atom stereocenters. The molecule has 0 fully saturated rings. The van der Waals surface area contributed by atoms with E-state index in [4.69, 9.17) is 0 Å². The first kappa shape index (κ1) is 17.2. The molecule has 0 aliphatic carbocycles. The summed E-state index contributed by atoms with van der Waals surface area (Å²) in [4.78, 5) is 6.41. The van der Waals surface area contributed by atoms with Crippen LogP contribution in [-0.4, -0.2) is 31.0 Å². The molecule has 0 amide bonds. The molecule has 2 aromatic rings. The van der Waals surface area contributed by atoms with Crippen LogP contribution in [0.2, 0.25) is 0 Å². The summed E-state index contributed by atoms with van der Waals surface area (Å²) in [5.41, 5.74) is 3.74. The first-order valence-electron chi connectivity index (χ1n) is 7.48. The van der Waals surface area contributed by atoms with E-state index in [0.717, 1.165) is 12.4 Å². The van der Waals surface area contributed by atoms with Gasteiger partial charge in [-0.05, 0) is 49.0 Å². The molecule has 3 nitrogen and oxygen atoms in total. The van der Waals surface area contributed by atoms with Crippen molar-refractivity contribution in [2.24, 2.45) is 0 Å². The Kier molecular flexibility index (Phi) is 7.48. The van der Waals surface area contributed by atoms with Gasteiger partial charge in [-0.15, -0.1) is 0 Å². The summed E-state index contributed by atoms with van der Waals surface area (Å²) in [6, 6.07) is 12.7. The molecule has 114 valence electrons. The van der Waals surface area contributed by atoms with E-state index in [1.807, 2.05) is 19.3 Å². The number of pyridine rings is 1. The second-order valence-corrected chi connectivity index (χ2v) is 5.33. The van der Waals surface area contributed by atoms with E-state index >= 15 is 0 Å². The summed E-state index contributed by atoms with van der Waals surface area (Å²) in [6.45, 7) is 5.21. The van der Waals surface area contributed by atoms with Gasteiger partial charge in [0.05, 0.1) is 0 Å². The van der Waals surface area contributed by atoms with Gasteiger partial charge < -0.3 is 10.2 Å². The van der Waals surface area contributed by atoms with Gasteiger partial charge in [0.15, 0.2) is 0 Å². The minimum Gasteiger partial charge on any atom is -0.373 e. The van der Waals surface area contributed by atoms with E-state index in [1.54, 1.807) is 0 Å². The highest BCUT2D eigenvalue weighted by Gasteiger charge is 2.01. The van der Waals surface area contributed by atoms with Crippen molar-refractivity contribution in [2.45, 2.75) is 26.8 Å². The average molecular weight is 285 g/mol. The van der Waals surface area contributed by atoms with E-state index in [1.165, 1.54) is 23.1 Å². The number of rotatable bonds is 4. The van der Waals surface area contributed by atoms with Gasteiger partial charge in [0.25, 0.3) is 0 Å². The van der Waals surface area contributed by atoms with Crippen LogP contribution in [0.1, 0.15) is 25.8 Å². The molecule has 1 N–H and O–H groups in total. The van der Waals surface area contributed by atoms with Crippen LogP contribution in [0.15, 0.2) is 42.6 Å². The lowest BCUT2D eigenvalue weighted by Crippen LogP contribution is -2.10. The molecular formula is C18H27N3. The number of hydrogen-bond donors (Lipinski definition) is 1. The highest BCUT2D eigenvalue weighted by atomic mass is 15.0. The maximum atomic E-state index is 4.23. The van der Waals surface area contributed by atoms with Gasteiger partial charge in [0, 0.05) is 19.8 Å². The highest BCUT2D eigenvalue weighted by Crippen LogP contribution is 2.22. The van der Waals surface area contributed by atoms with Crippen LogP contribution in [0.3, 0.4) is 0 Å². The third-order valence-corrected chi connectivity index (χ3v) is 2.78. The van der Waals surface area contributed by atoms with E-state index in [2.05, 4.69) is 73.5 Å². The molecule has 0 radical (unpaired) electrons. The first-order valence-corrected chi connectivity index (χ1v) is 7.48. The van der Waals surface area contributed by atoms with Crippen LogP contribution in [0.4, 0.5) is 5.82 Å². The Morgan fingerprint density at radius 3 is 2.33 bits per heavy atom. The first-order chi connectivity index (χ1) is 10.1. The minimum atomic E-state index is 0.894. The molecule has 2 rings (SSSR count). The quantitative estimate of drug-likeness (QED) is 0.909. The summed E-state index contributed by atoms with van der Waals surface area (Å²) >= 11 is 0. The molecule has 21 heavy (non-hydrogen) atoms. The summed E-state index contributed by atoms with van der Waals surface area (Å²) in [5.74, 6) is 0.894. The largest absolute Gasteiger partial charge is 0.373 e. The van der Waals surface area contributed by atoms with Crippen molar-refractivity contribution < 1.29 is 0 Å². The monoisotopic (exact) mass is 285 g/mol. The standard InChI is InChI=1S/C15H19N3.C3H8/c1-16-15-10-14(7-8-17-15)13-6-4-5-12(9-13)11-18(2)3;1-3-2/h4-10H,11H2,1-3H3,(H,16,17);3H2,1-2H3. The Morgan fingerprint density at radius 2 is 1.71 bits per heavy atom. The Balaban J connectivity index is 0.000000677. The smallest absolute Gasteiger partial charge is 0.126 e. The van der Waals surface area contributed by atoms with Crippen LogP contribution in [0.5, 0.6) is 0 Å². The molecule has 0 spiro atoms. The third kappa shape index (κ3) is 5.96. The Labute approximate surface area is 129 Å². The molecular weight excluding hydrogens is 258 g/mol.